The highest BCUT2D eigenvalue weighted by Gasteiger charge is 2.21. The number of hydrogen-bond donors (Lipinski definition) is 4. The maximum absolute atomic E-state index is 12.7. The van der Waals surface area contributed by atoms with E-state index in [0.29, 0.717) is 0 Å². The van der Waals surface area contributed by atoms with E-state index < -0.39 is 18.2 Å². The number of nitrogen functional groups attached to an aromatic ring is 1. The Hall–Kier alpha value is -1.24. The lowest BCUT2D eigenvalue weighted by Gasteiger charge is -2.17. The van der Waals surface area contributed by atoms with Gasteiger partial charge < -0.3 is 21.1 Å². The van der Waals surface area contributed by atoms with E-state index in [1.54, 1.807) is 0 Å². The number of rotatable bonds is 4. The molecule has 2 atom stereocenters. The van der Waals surface area contributed by atoms with Crippen LogP contribution in [-0.2, 0) is 0 Å². The predicted molar refractivity (Wildman–Crippen MR) is 51.3 cm³/mol. The van der Waals surface area contributed by atoms with Gasteiger partial charge in [0.15, 0.2) is 0 Å². The van der Waals surface area contributed by atoms with Gasteiger partial charge >= 0.3 is 0 Å². The third-order valence-corrected chi connectivity index (χ3v) is 1.99. The fourth-order valence-electron chi connectivity index (χ4n) is 1.17. The zero-order valence-electron chi connectivity index (χ0n) is 7.97. The Bertz CT molecular complexity index is 335. The normalized spacial score (nSPS) is 14.9. The molecule has 84 valence electrons. The second kappa shape index (κ2) is 5.01. The molecule has 5 N–H and O–H groups in total. The largest absolute Gasteiger partial charge is 0.397 e. The molecule has 0 saturated heterocycles. The van der Waals surface area contributed by atoms with Crippen molar-refractivity contribution in [1.82, 2.24) is 4.98 Å². The van der Waals surface area contributed by atoms with Crippen molar-refractivity contribution < 1.29 is 19.7 Å². The zero-order valence-corrected chi connectivity index (χ0v) is 7.97. The van der Waals surface area contributed by atoms with E-state index in [2.05, 4.69) is 4.98 Å². The first kappa shape index (κ1) is 11.8. The van der Waals surface area contributed by atoms with Crippen LogP contribution in [0.5, 0.6) is 0 Å². The average Bonchev–Trinajstić information content (AvgIpc) is 2.21. The molecule has 1 aromatic rings. The van der Waals surface area contributed by atoms with Crippen LogP contribution in [0.4, 0.5) is 10.1 Å². The molecule has 6 heteroatoms. The fourth-order valence-corrected chi connectivity index (χ4v) is 1.17. The van der Waals surface area contributed by atoms with E-state index >= 15 is 0 Å². The third-order valence-electron chi connectivity index (χ3n) is 1.99. The Morgan fingerprint density at radius 3 is 2.67 bits per heavy atom. The van der Waals surface area contributed by atoms with E-state index in [-0.39, 0.29) is 24.4 Å². The van der Waals surface area contributed by atoms with Crippen LogP contribution in [0.2, 0.25) is 0 Å². The molecule has 0 saturated carbocycles. The van der Waals surface area contributed by atoms with Crippen molar-refractivity contribution in [2.24, 2.45) is 0 Å². The molecule has 0 spiro atoms. The maximum atomic E-state index is 12.7. The standard InChI is InChI=1S/C9H13FN2O3/c10-7-2-1-5(11)8(12-7)9(15)6(14)3-4-13/h1-2,6,9,13-15H,3-4,11H2. The molecule has 0 aliphatic carbocycles. The van der Waals surface area contributed by atoms with Crippen LogP contribution >= 0.6 is 0 Å². The summed E-state index contributed by atoms with van der Waals surface area (Å²) >= 11 is 0. The van der Waals surface area contributed by atoms with Crippen LogP contribution in [0.15, 0.2) is 12.1 Å². The highest BCUT2D eigenvalue weighted by Crippen LogP contribution is 2.22. The highest BCUT2D eigenvalue weighted by molar-refractivity contribution is 5.43. The van der Waals surface area contributed by atoms with Gasteiger partial charge in [-0.3, -0.25) is 0 Å². The Kier molecular flexibility index (Phi) is 3.96. The number of nitrogens with zero attached hydrogens (tertiary/aromatic N) is 1. The summed E-state index contributed by atoms with van der Waals surface area (Å²) < 4.78 is 12.7. The van der Waals surface area contributed by atoms with Crippen LogP contribution in [0.3, 0.4) is 0 Å². The molecule has 0 bridgehead atoms. The lowest BCUT2D eigenvalue weighted by molar-refractivity contribution is 0.00199. The van der Waals surface area contributed by atoms with Crippen molar-refractivity contribution in [1.29, 1.82) is 0 Å². The molecule has 15 heavy (non-hydrogen) atoms. The molecule has 0 aliphatic heterocycles. The molecule has 1 aromatic heterocycles. The Labute approximate surface area is 86.0 Å². The molecular formula is C9H13FN2O3. The predicted octanol–water partition coefficient (Wildman–Crippen LogP) is -0.420. The second-order valence-electron chi connectivity index (χ2n) is 3.13. The number of hydrogen-bond acceptors (Lipinski definition) is 5. The molecular weight excluding hydrogens is 203 g/mol. The molecule has 5 nitrogen and oxygen atoms in total. The van der Waals surface area contributed by atoms with Gasteiger partial charge in [0.25, 0.3) is 0 Å². The van der Waals surface area contributed by atoms with E-state index in [1.165, 1.54) is 6.07 Å². The van der Waals surface area contributed by atoms with Gasteiger partial charge in [-0.2, -0.15) is 4.39 Å². The molecule has 0 fully saturated rings. The highest BCUT2D eigenvalue weighted by atomic mass is 19.1. The van der Waals surface area contributed by atoms with Crippen LogP contribution in [-0.4, -0.2) is 33.0 Å². The molecule has 0 aromatic carbocycles. The number of pyridine rings is 1. The van der Waals surface area contributed by atoms with Crippen LogP contribution in [0.25, 0.3) is 0 Å². The summed E-state index contributed by atoms with van der Waals surface area (Å²) in [7, 11) is 0. The fraction of sp³-hybridized carbons (Fsp3) is 0.444. The maximum Gasteiger partial charge on any atom is 0.213 e. The van der Waals surface area contributed by atoms with Crippen molar-refractivity contribution in [3.8, 4) is 0 Å². The smallest absolute Gasteiger partial charge is 0.213 e. The molecule has 0 radical (unpaired) electrons. The minimum absolute atomic E-state index is 0.0290. The van der Waals surface area contributed by atoms with Gasteiger partial charge in [0.2, 0.25) is 5.95 Å². The SMILES string of the molecule is Nc1ccc(F)nc1C(O)C(O)CCO. The number of halogens is 1. The summed E-state index contributed by atoms with van der Waals surface area (Å²) in [6.07, 6.45) is -2.64. The molecule has 1 heterocycles. The van der Waals surface area contributed by atoms with Crippen LogP contribution in [0.1, 0.15) is 18.2 Å². The van der Waals surface area contributed by atoms with Crippen LogP contribution < -0.4 is 5.73 Å². The average molecular weight is 216 g/mol. The van der Waals surface area contributed by atoms with Gasteiger partial charge in [-0.05, 0) is 18.6 Å². The summed E-state index contributed by atoms with van der Waals surface area (Å²) in [4.78, 5) is 3.39. The van der Waals surface area contributed by atoms with Crippen molar-refractivity contribution in [2.75, 3.05) is 12.3 Å². The Morgan fingerprint density at radius 1 is 1.40 bits per heavy atom. The Balaban J connectivity index is 2.89. The van der Waals surface area contributed by atoms with Crippen LogP contribution in [0, 0.1) is 5.95 Å². The van der Waals surface area contributed by atoms with E-state index in [4.69, 9.17) is 10.8 Å². The molecule has 1 rings (SSSR count). The van der Waals surface area contributed by atoms with E-state index in [0.717, 1.165) is 6.07 Å². The van der Waals surface area contributed by atoms with Gasteiger partial charge in [-0.1, -0.05) is 0 Å². The van der Waals surface area contributed by atoms with Crippen molar-refractivity contribution in [3.63, 3.8) is 0 Å². The number of nitrogens with two attached hydrogens (primary N) is 1. The summed E-state index contributed by atoms with van der Waals surface area (Å²) in [5.74, 6) is -0.783. The lowest BCUT2D eigenvalue weighted by atomic mass is 10.1. The van der Waals surface area contributed by atoms with E-state index in [9.17, 15) is 14.6 Å². The summed E-state index contributed by atoms with van der Waals surface area (Å²) in [6.45, 7) is -0.284. The number of aromatic nitrogens is 1. The minimum Gasteiger partial charge on any atom is -0.397 e. The molecule has 0 amide bonds. The van der Waals surface area contributed by atoms with Gasteiger partial charge in [-0.15, -0.1) is 0 Å². The number of aliphatic hydroxyl groups is 3. The lowest BCUT2D eigenvalue weighted by Crippen LogP contribution is -2.22. The first-order valence-corrected chi connectivity index (χ1v) is 4.45. The monoisotopic (exact) mass is 216 g/mol. The molecule has 2 unspecified atom stereocenters. The number of aliphatic hydroxyl groups excluding tert-OH is 3. The Morgan fingerprint density at radius 2 is 2.07 bits per heavy atom. The third kappa shape index (κ3) is 2.85. The van der Waals surface area contributed by atoms with Crippen molar-refractivity contribution in [2.45, 2.75) is 18.6 Å². The van der Waals surface area contributed by atoms with Gasteiger partial charge in [0.05, 0.1) is 17.5 Å². The summed E-state index contributed by atoms with van der Waals surface area (Å²) in [5.41, 5.74) is 5.44. The summed E-state index contributed by atoms with van der Waals surface area (Å²) in [6, 6.07) is 2.32. The first-order valence-electron chi connectivity index (χ1n) is 4.45. The summed E-state index contributed by atoms with van der Waals surface area (Å²) in [5, 5.41) is 27.5. The molecule has 0 aliphatic rings. The van der Waals surface area contributed by atoms with Crippen molar-refractivity contribution >= 4 is 5.69 Å². The van der Waals surface area contributed by atoms with Gasteiger partial charge in [-0.25, -0.2) is 4.98 Å². The number of anilines is 1. The topological polar surface area (TPSA) is 99.6 Å². The second-order valence-corrected chi connectivity index (χ2v) is 3.13. The first-order chi connectivity index (χ1) is 7.06. The zero-order chi connectivity index (χ0) is 11.4. The minimum atomic E-state index is -1.40. The van der Waals surface area contributed by atoms with E-state index in [1.807, 2.05) is 0 Å². The van der Waals surface area contributed by atoms with Crippen molar-refractivity contribution in [3.05, 3.63) is 23.8 Å². The quantitative estimate of drug-likeness (QED) is 0.512. The van der Waals surface area contributed by atoms with Gasteiger partial charge in [0.1, 0.15) is 6.10 Å². The van der Waals surface area contributed by atoms with Gasteiger partial charge in [0, 0.05) is 6.61 Å².